The molecule has 0 aliphatic carbocycles. The summed E-state index contributed by atoms with van der Waals surface area (Å²) >= 11 is 0. The van der Waals surface area contributed by atoms with Crippen molar-refractivity contribution in [3.05, 3.63) is 62.9 Å². The number of para-hydroxylation sites is 1. The molecule has 34 heavy (non-hydrogen) atoms. The van der Waals surface area contributed by atoms with Crippen LogP contribution in [-0.2, 0) is 33.1 Å². The van der Waals surface area contributed by atoms with Crippen molar-refractivity contribution in [1.82, 2.24) is 9.55 Å². The second-order valence-electron chi connectivity index (χ2n) is 8.47. The highest BCUT2D eigenvalue weighted by molar-refractivity contribution is 6.02. The molecule has 0 fully saturated rings. The van der Waals surface area contributed by atoms with Crippen LogP contribution in [-0.4, -0.2) is 45.2 Å². The van der Waals surface area contributed by atoms with Crippen LogP contribution in [0.2, 0.25) is 0 Å². The molecule has 9 heteroatoms. The van der Waals surface area contributed by atoms with Gasteiger partial charge in [-0.25, -0.2) is 9.78 Å². The van der Waals surface area contributed by atoms with Gasteiger partial charge in [0.05, 0.1) is 35.2 Å². The van der Waals surface area contributed by atoms with E-state index in [0.717, 1.165) is 22.0 Å². The standard InChI is InChI=1S/C25H25N3O6/c1-2-25(32)19-11-21-22-17(13-28(21)23(30)18(19)14-33-24(25)31)16(12-26-34-10-6-5-9-29)15-7-3-4-8-20(15)27-22/h3-4,7-8,11-12,29,32H,2,5-6,9-10,13-14H2,1H3/t25-/m0/s1. The average molecular weight is 463 g/mol. The predicted molar refractivity (Wildman–Crippen MR) is 124 cm³/mol. The number of esters is 1. The molecule has 0 spiro atoms. The highest BCUT2D eigenvalue weighted by atomic mass is 16.6. The lowest BCUT2D eigenvalue weighted by atomic mass is 9.86. The lowest BCUT2D eigenvalue weighted by Gasteiger charge is -2.31. The van der Waals surface area contributed by atoms with Gasteiger partial charge in [0.2, 0.25) is 0 Å². The van der Waals surface area contributed by atoms with E-state index in [2.05, 4.69) is 5.16 Å². The zero-order valence-electron chi connectivity index (χ0n) is 18.8. The van der Waals surface area contributed by atoms with Gasteiger partial charge < -0.3 is 24.4 Å². The number of aromatic nitrogens is 2. The van der Waals surface area contributed by atoms with Gasteiger partial charge in [-0.15, -0.1) is 0 Å². The smallest absolute Gasteiger partial charge is 0.343 e. The molecule has 5 rings (SSSR count). The minimum atomic E-state index is -1.87. The number of aliphatic hydroxyl groups is 2. The van der Waals surface area contributed by atoms with Crippen molar-refractivity contribution < 1.29 is 24.6 Å². The van der Waals surface area contributed by atoms with Gasteiger partial charge in [0.25, 0.3) is 5.56 Å². The topological polar surface area (TPSA) is 123 Å². The lowest BCUT2D eigenvalue weighted by Crippen LogP contribution is -2.44. The number of pyridine rings is 2. The first-order chi connectivity index (χ1) is 16.5. The number of carbonyl (C=O) groups excluding carboxylic acids is 1. The molecule has 2 aliphatic rings. The third kappa shape index (κ3) is 3.39. The second-order valence-corrected chi connectivity index (χ2v) is 8.47. The maximum Gasteiger partial charge on any atom is 0.343 e. The van der Waals surface area contributed by atoms with Gasteiger partial charge in [-0.05, 0) is 31.4 Å². The number of nitrogens with zero attached hydrogens (tertiary/aromatic N) is 3. The number of unbranched alkanes of at least 4 members (excludes halogenated alkanes) is 1. The fourth-order valence-corrected chi connectivity index (χ4v) is 4.63. The summed E-state index contributed by atoms with van der Waals surface area (Å²) in [6, 6.07) is 9.31. The number of rotatable bonds is 7. The Morgan fingerprint density at radius 1 is 1.26 bits per heavy atom. The van der Waals surface area contributed by atoms with E-state index in [4.69, 9.17) is 19.7 Å². The van der Waals surface area contributed by atoms with Crippen LogP contribution in [0, 0.1) is 0 Å². The fraction of sp³-hybridized carbons (Fsp3) is 0.360. The van der Waals surface area contributed by atoms with Crippen LogP contribution in [0.5, 0.6) is 0 Å². The van der Waals surface area contributed by atoms with Gasteiger partial charge in [-0.1, -0.05) is 30.3 Å². The van der Waals surface area contributed by atoms with Gasteiger partial charge in [-0.2, -0.15) is 0 Å². The zero-order valence-corrected chi connectivity index (χ0v) is 18.8. The van der Waals surface area contributed by atoms with Gasteiger partial charge in [-0.3, -0.25) is 4.79 Å². The molecule has 0 saturated heterocycles. The van der Waals surface area contributed by atoms with E-state index in [1.165, 1.54) is 0 Å². The predicted octanol–water partition coefficient (Wildman–Crippen LogP) is 2.20. The van der Waals surface area contributed by atoms with Crippen LogP contribution >= 0.6 is 0 Å². The Balaban J connectivity index is 1.65. The number of carbonyl (C=O) groups is 1. The average Bonchev–Trinajstić information content (AvgIpc) is 3.22. The summed E-state index contributed by atoms with van der Waals surface area (Å²) in [5.74, 6) is -0.747. The van der Waals surface area contributed by atoms with Gasteiger partial charge in [0.15, 0.2) is 5.60 Å². The summed E-state index contributed by atoms with van der Waals surface area (Å²) in [5, 5.41) is 24.9. The monoisotopic (exact) mass is 463 g/mol. The molecule has 0 radical (unpaired) electrons. The Labute approximate surface area is 195 Å². The molecule has 3 aromatic rings. The lowest BCUT2D eigenvalue weighted by molar-refractivity contribution is -0.172. The number of hydrogen-bond acceptors (Lipinski definition) is 8. The van der Waals surface area contributed by atoms with E-state index in [9.17, 15) is 14.7 Å². The number of hydrogen-bond donors (Lipinski definition) is 2. The highest BCUT2D eigenvalue weighted by Gasteiger charge is 2.45. The molecule has 2 aliphatic heterocycles. The van der Waals surface area contributed by atoms with Crippen LogP contribution in [0.15, 0.2) is 40.3 Å². The van der Waals surface area contributed by atoms with Gasteiger partial charge >= 0.3 is 5.97 Å². The normalized spacial score (nSPS) is 18.6. The number of oxime groups is 1. The summed E-state index contributed by atoms with van der Waals surface area (Å²) in [7, 11) is 0. The quantitative estimate of drug-likeness (QED) is 0.186. The van der Waals surface area contributed by atoms with Crippen molar-refractivity contribution in [3.63, 3.8) is 0 Å². The Kier molecular flexibility index (Phi) is 5.66. The summed E-state index contributed by atoms with van der Waals surface area (Å²) in [6.07, 6.45) is 3.05. The second kappa shape index (κ2) is 8.66. The minimum Gasteiger partial charge on any atom is -0.458 e. The molecule has 1 aromatic carbocycles. The van der Waals surface area contributed by atoms with Crippen LogP contribution in [0.4, 0.5) is 0 Å². The van der Waals surface area contributed by atoms with Crippen LogP contribution in [0.25, 0.3) is 22.3 Å². The Morgan fingerprint density at radius 2 is 2.09 bits per heavy atom. The number of cyclic esters (lactones) is 1. The molecule has 0 unspecified atom stereocenters. The van der Waals surface area contributed by atoms with E-state index >= 15 is 0 Å². The third-order valence-corrected chi connectivity index (χ3v) is 6.54. The first kappa shape index (κ1) is 22.2. The Morgan fingerprint density at radius 3 is 2.88 bits per heavy atom. The van der Waals surface area contributed by atoms with Crippen molar-refractivity contribution in [2.75, 3.05) is 13.2 Å². The van der Waals surface area contributed by atoms with E-state index in [1.54, 1.807) is 23.8 Å². The molecular weight excluding hydrogens is 438 g/mol. The van der Waals surface area contributed by atoms with Crippen molar-refractivity contribution in [2.24, 2.45) is 5.16 Å². The molecule has 0 bridgehead atoms. The van der Waals surface area contributed by atoms with E-state index < -0.39 is 11.6 Å². The molecular formula is C25H25N3O6. The molecule has 0 saturated carbocycles. The Hall–Kier alpha value is -3.56. The summed E-state index contributed by atoms with van der Waals surface area (Å²) in [6.45, 7) is 2.28. The largest absolute Gasteiger partial charge is 0.458 e. The zero-order chi connectivity index (χ0) is 23.9. The van der Waals surface area contributed by atoms with E-state index in [0.29, 0.717) is 30.8 Å². The maximum absolute atomic E-state index is 13.4. The van der Waals surface area contributed by atoms with E-state index in [-0.39, 0.29) is 42.9 Å². The fourth-order valence-electron chi connectivity index (χ4n) is 4.63. The molecule has 4 heterocycles. The Bertz CT molecular complexity index is 1380. The first-order valence-corrected chi connectivity index (χ1v) is 11.3. The number of benzene rings is 1. The molecule has 176 valence electrons. The number of aliphatic hydroxyl groups excluding tert-OH is 1. The van der Waals surface area contributed by atoms with Crippen molar-refractivity contribution in [1.29, 1.82) is 0 Å². The minimum absolute atomic E-state index is 0.0886. The summed E-state index contributed by atoms with van der Waals surface area (Å²) in [4.78, 5) is 36.0. The van der Waals surface area contributed by atoms with Crippen LogP contribution in [0.1, 0.15) is 48.4 Å². The molecule has 9 nitrogen and oxygen atoms in total. The molecule has 1 atom stereocenters. The highest BCUT2D eigenvalue weighted by Crippen LogP contribution is 2.39. The molecule has 2 N–H and O–H groups in total. The van der Waals surface area contributed by atoms with Gasteiger partial charge in [0.1, 0.15) is 13.2 Å². The molecule has 0 amide bonds. The third-order valence-electron chi connectivity index (χ3n) is 6.54. The van der Waals surface area contributed by atoms with Crippen molar-refractivity contribution >= 4 is 23.1 Å². The first-order valence-electron chi connectivity index (χ1n) is 11.3. The van der Waals surface area contributed by atoms with E-state index in [1.807, 2.05) is 24.3 Å². The maximum atomic E-state index is 13.4. The number of fused-ring (bicyclic) bond motifs is 5. The van der Waals surface area contributed by atoms with Crippen molar-refractivity contribution in [2.45, 2.75) is 44.9 Å². The van der Waals surface area contributed by atoms with Crippen LogP contribution in [0.3, 0.4) is 0 Å². The van der Waals surface area contributed by atoms with Crippen LogP contribution < -0.4 is 5.56 Å². The summed E-state index contributed by atoms with van der Waals surface area (Å²) in [5.41, 5.74) is 1.88. The SMILES string of the molecule is CC[C@@]1(O)C(=O)OCc2c1cc1n(c2=O)Cc2c-1nc1ccccc1c2C=NOCCCCO. The number of ether oxygens (including phenoxy) is 1. The molecule has 2 aromatic heterocycles. The summed E-state index contributed by atoms with van der Waals surface area (Å²) < 4.78 is 6.74. The van der Waals surface area contributed by atoms with Crippen molar-refractivity contribution in [3.8, 4) is 11.4 Å². The van der Waals surface area contributed by atoms with Gasteiger partial charge in [0, 0.05) is 28.7 Å².